The first-order valence-electron chi connectivity index (χ1n) is 6.01. The quantitative estimate of drug-likeness (QED) is 0.835. The third kappa shape index (κ3) is 3.22. The second kappa shape index (κ2) is 5.55. The number of aryl methyl sites for hydroxylation is 3. The zero-order valence-electron chi connectivity index (χ0n) is 11.2. The number of nitrogens with zero attached hydrogens (tertiary/aromatic N) is 4. The Morgan fingerprint density at radius 3 is 2.75 bits per heavy atom. The molecule has 2 aromatic rings. The summed E-state index contributed by atoms with van der Waals surface area (Å²) in [4.78, 5) is 22.5. The fourth-order valence-electron chi connectivity index (χ4n) is 1.73. The summed E-state index contributed by atoms with van der Waals surface area (Å²) in [5.74, 6) is -1.21. The number of hydrogen-bond donors (Lipinski definition) is 2. The van der Waals surface area contributed by atoms with Crippen LogP contribution in [0.4, 0.5) is 5.69 Å². The molecule has 0 aliphatic rings. The highest BCUT2D eigenvalue weighted by atomic mass is 16.4. The molecule has 0 saturated heterocycles. The number of hydrogen-bond acceptors (Lipinski definition) is 4. The molecule has 0 spiro atoms. The average Bonchev–Trinajstić information content (AvgIpc) is 2.94. The largest absolute Gasteiger partial charge is 0.481 e. The molecule has 8 nitrogen and oxygen atoms in total. The maximum atomic E-state index is 12.0. The van der Waals surface area contributed by atoms with Gasteiger partial charge in [0, 0.05) is 19.4 Å². The lowest BCUT2D eigenvalue weighted by atomic mass is 10.3. The van der Waals surface area contributed by atoms with Gasteiger partial charge in [-0.05, 0) is 6.92 Å². The third-order valence-electron chi connectivity index (χ3n) is 2.71. The molecule has 0 unspecified atom stereocenters. The average molecular weight is 277 g/mol. The summed E-state index contributed by atoms with van der Waals surface area (Å²) in [6, 6.07) is 0. The van der Waals surface area contributed by atoms with Gasteiger partial charge in [-0.2, -0.15) is 10.2 Å². The topological polar surface area (TPSA) is 102 Å². The number of carbonyl (C=O) groups excluding carboxylic acids is 1. The van der Waals surface area contributed by atoms with Crippen LogP contribution in [0.5, 0.6) is 0 Å². The Morgan fingerprint density at radius 2 is 2.15 bits per heavy atom. The van der Waals surface area contributed by atoms with Crippen LogP contribution in [0.25, 0.3) is 0 Å². The third-order valence-corrected chi connectivity index (χ3v) is 2.71. The molecule has 2 heterocycles. The van der Waals surface area contributed by atoms with Gasteiger partial charge in [0.05, 0.1) is 36.1 Å². The molecular weight excluding hydrogens is 262 g/mol. The summed E-state index contributed by atoms with van der Waals surface area (Å²) >= 11 is 0. The molecule has 0 fully saturated rings. The van der Waals surface area contributed by atoms with Crippen LogP contribution in [0, 0.1) is 6.92 Å². The number of carbonyl (C=O) groups is 2. The van der Waals surface area contributed by atoms with E-state index in [4.69, 9.17) is 5.11 Å². The van der Waals surface area contributed by atoms with Crippen LogP contribution in [0.2, 0.25) is 0 Å². The molecule has 0 aromatic carbocycles. The van der Waals surface area contributed by atoms with Gasteiger partial charge >= 0.3 is 5.97 Å². The second-order valence-corrected chi connectivity index (χ2v) is 4.39. The van der Waals surface area contributed by atoms with Crippen molar-refractivity contribution >= 4 is 17.6 Å². The fraction of sp³-hybridized carbons (Fsp3) is 0.333. The molecule has 2 rings (SSSR count). The van der Waals surface area contributed by atoms with Crippen molar-refractivity contribution < 1.29 is 14.7 Å². The Labute approximate surface area is 115 Å². The van der Waals surface area contributed by atoms with Crippen molar-refractivity contribution in [1.82, 2.24) is 19.6 Å². The summed E-state index contributed by atoms with van der Waals surface area (Å²) in [6.45, 7) is 2.03. The SMILES string of the molecule is Cc1nn(C)cc1NC(=O)c1cnn(CCC(=O)O)c1. The summed E-state index contributed by atoms with van der Waals surface area (Å²) < 4.78 is 3.04. The van der Waals surface area contributed by atoms with Gasteiger partial charge in [0.2, 0.25) is 0 Å². The molecule has 0 radical (unpaired) electrons. The van der Waals surface area contributed by atoms with Crippen molar-refractivity contribution in [3.63, 3.8) is 0 Å². The summed E-state index contributed by atoms with van der Waals surface area (Å²) in [5.41, 5.74) is 1.73. The number of carboxylic acid groups (broad SMARTS) is 1. The predicted molar refractivity (Wildman–Crippen MR) is 70.4 cm³/mol. The minimum absolute atomic E-state index is 0.0372. The van der Waals surface area contributed by atoms with E-state index >= 15 is 0 Å². The van der Waals surface area contributed by atoms with Gasteiger partial charge in [-0.1, -0.05) is 0 Å². The van der Waals surface area contributed by atoms with E-state index in [1.165, 1.54) is 17.1 Å². The Balaban J connectivity index is 2.02. The molecule has 106 valence electrons. The van der Waals surface area contributed by atoms with E-state index in [0.717, 1.165) is 5.69 Å². The van der Waals surface area contributed by atoms with E-state index in [2.05, 4.69) is 15.5 Å². The minimum Gasteiger partial charge on any atom is -0.481 e. The number of rotatable bonds is 5. The number of amides is 1. The fourth-order valence-corrected chi connectivity index (χ4v) is 1.73. The van der Waals surface area contributed by atoms with Crippen molar-refractivity contribution in [1.29, 1.82) is 0 Å². The van der Waals surface area contributed by atoms with Crippen LogP contribution in [0.3, 0.4) is 0 Å². The Hall–Kier alpha value is -2.64. The van der Waals surface area contributed by atoms with E-state index < -0.39 is 5.97 Å². The molecule has 0 aliphatic carbocycles. The van der Waals surface area contributed by atoms with Crippen LogP contribution in [0.15, 0.2) is 18.6 Å². The smallest absolute Gasteiger partial charge is 0.305 e. The van der Waals surface area contributed by atoms with Gasteiger partial charge in [-0.25, -0.2) is 0 Å². The second-order valence-electron chi connectivity index (χ2n) is 4.39. The van der Waals surface area contributed by atoms with Crippen LogP contribution in [-0.4, -0.2) is 36.5 Å². The highest BCUT2D eigenvalue weighted by molar-refractivity contribution is 6.04. The molecule has 8 heteroatoms. The molecule has 0 atom stereocenters. The first-order chi connectivity index (χ1) is 9.45. The molecule has 1 amide bonds. The monoisotopic (exact) mass is 277 g/mol. The molecule has 2 aromatic heterocycles. The summed E-state index contributed by atoms with van der Waals surface area (Å²) in [6.07, 6.45) is 4.60. The maximum absolute atomic E-state index is 12.0. The minimum atomic E-state index is -0.905. The molecule has 0 saturated carbocycles. The highest BCUT2D eigenvalue weighted by Crippen LogP contribution is 2.13. The first-order valence-corrected chi connectivity index (χ1v) is 6.01. The van der Waals surface area contributed by atoms with Crippen LogP contribution in [-0.2, 0) is 18.4 Å². The summed E-state index contributed by atoms with van der Waals surface area (Å²) in [7, 11) is 1.77. The predicted octanol–water partition coefficient (Wildman–Crippen LogP) is 0.652. The summed E-state index contributed by atoms with van der Waals surface area (Å²) in [5, 5.41) is 19.4. The van der Waals surface area contributed by atoms with Gasteiger partial charge in [0.15, 0.2) is 0 Å². The van der Waals surface area contributed by atoms with Crippen LogP contribution < -0.4 is 5.32 Å². The molecular formula is C12H15N5O3. The first kappa shape index (κ1) is 13.8. The van der Waals surface area contributed by atoms with Crippen molar-refractivity contribution in [2.45, 2.75) is 19.9 Å². The highest BCUT2D eigenvalue weighted by Gasteiger charge is 2.12. The molecule has 2 N–H and O–H groups in total. The van der Waals surface area contributed by atoms with Crippen molar-refractivity contribution in [3.8, 4) is 0 Å². The van der Waals surface area contributed by atoms with Crippen LogP contribution >= 0.6 is 0 Å². The Morgan fingerprint density at radius 1 is 1.40 bits per heavy atom. The molecule has 20 heavy (non-hydrogen) atoms. The van der Waals surface area contributed by atoms with Crippen molar-refractivity contribution in [2.24, 2.45) is 7.05 Å². The normalized spacial score (nSPS) is 10.5. The maximum Gasteiger partial charge on any atom is 0.305 e. The standard InChI is InChI=1S/C12H15N5O3/c1-8-10(7-16(2)15-8)14-12(20)9-5-13-17(6-9)4-3-11(18)19/h5-7H,3-4H2,1-2H3,(H,14,20)(H,18,19). The zero-order chi connectivity index (χ0) is 14.7. The number of anilines is 1. The lowest BCUT2D eigenvalue weighted by Gasteiger charge is -2.00. The van der Waals surface area contributed by atoms with E-state index in [1.807, 2.05) is 0 Å². The van der Waals surface area contributed by atoms with E-state index in [9.17, 15) is 9.59 Å². The molecule has 0 bridgehead atoms. The van der Waals surface area contributed by atoms with Crippen molar-refractivity contribution in [3.05, 3.63) is 29.8 Å². The van der Waals surface area contributed by atoms with Crippen molar-refractivity contribution in [2.75, 3.05) is 5.32 Å². The number of aromatic nitrogens is 4. The lowest BCUT2D eigenvalue weighted by molar-refractivity contribution is -0.137. The van der Waals surface area contributed by atoms with Gasteiger partial charge in [0.1, 0.15) is 0 Å². The van der Waals surface area contributed by atoms with Gasteiger partial charge in [-0.3, -0.25) is 19.0 Å². The Bertz CT molecular complexity index is 643. The van der Waals surface area contributed by atoms with Gasteiger partial charge in [0.25, 0.3) is 5.91 Å². The lowest BCUT2D eigenvalue weighted by Crippen LogP contribution is -2.11. The molecule has 0 aliphatic heterocycles. The van der Waals surface area contributed by atoms with E-state index in [-0.39, 0.29) is 18.9 Å². The van der Waals surface area contributed by atoms with E-state index in [1.54, 1.807) is 24.9 Å². The number of nitrogens with one attached hydrogen (secondary N) is 1. The van der Waals surface area contributed by atoms with Gasteiger partial charge < -0.3 is 10.4 Å². The number of carboxylic acids is 1. The zero-order valence-corrected chi connectivity index (χ0v) is 11.2. The van der Waals surface area contributed by atoms with E-state index in [0.29, 0.717) is 11.3 Å². The van der Waals surface area contributed by atoms with Crippen LogP contribution in [0.1, 0.15) is 22.5 Å². The van der Waals surface area contributed by atoms with Gasteiger partial charge in [-0.15, -0.1) is 0 Å². The Kier molecular flexibility index (Phi) is 3.83. The number of aliphatic carboxylic acids is 1.